The van der Waals surface area contributed by atoms with Gasteiger partial charge >= 0.3 is 0 Å². The molecule has 27 heavy (non-hydrogen) atoms. The van der Waals surface area contributed by atoms with Gasteiger partial charge < -0.3 is 15.4 Å². The molecule has 8 heteroatoms. The molecule has 1 atom stereocenters. The fourth-order valence-corrected chi connectivity index (χ4v) is 4.70. The molecule has 0 spiro atoms. The summed E-state index contributed by atoms with van der Waals surface area (Å²) in [6, 6.07) is 11.0. The summed E-state index contributed by atoms with van der Waals surface area (Å²) >= 11 is 0. The second-order valence-electron chi connectivity index (χ2n) is 6.53. The third-order valence-corrected chi connectivity index (χ3v) is 6.20. The van der Waals surface area contributed by atoms with Gasteiger partial charge in [-0.1, -0.05) is 12.1 Å². The molecule has 0 saturated carbocycles. The minimum atomic E-state index is -2.95. The molecule has 2 aromatic rings. The molecule has 7 nitrogen and oxygen atoms in total. The number of hydrogen-bond donors (Lipinski definition) is 2. The summed E-state index contributed by atoms with van der Waals surface area (Å²) < 4.78 is 28.3. The number of carbonyl (C=O) groups is 1. The molecule has 0 radical (unpaired) electrons. The van der Waals surface area contributed by atoms with Crippen LogP contribution in [0.15, 0.2) is 42.6 Å². The number of sulfone groups is 1. The summed E-state index contributed by atoms with van der Waals surface area (Å²) in [5.41, 5.74) is 2.07. The first-order valence-electron chi connectivity index (χ1n) is 8.79. The highest BCUT2D eigenvalue weighted by Crippen LogP contribution is 2.18. The summed E-state index contributed by atoms with van der Waals surface area (Å²) in [6.45, 7) is 0.478. The molecular formula is C19H23N3O4S. The van der Waals surface area contributed by atoms with Crippen LogP contribution < -0.4 is 15.4 Å². The molecule has 1 aromatic carbocycles. The highest BCUT2D eigenvalue weighted by molar-refractivity contribution is 7.91. The average molecular weight is 389 g/mol. The number of pyridine rings is 1. The Balaban J connectivity index is 1.54. The lowest BCUT2D eigenvalue weighted by Crippen LogP contribution is -2.27. The predicted molar refractivity (Wildman–Crippen MR) is 104 cm³/mol. The van der Waals surface area contributed by atoms with Crippen LogP contribution in [0.4, 0.5) is 5.69 Å². The van der Waals surface area contributed by atoms with Crippen molar-refractivity contribution in [3.05, 3.63) is 53.9 Å². The monoisotopic (exact) mass is 389 g/mol. The van der Waals surface area contributed by atoms with Gasteiger partial charge in [-0.15, -0.1) is 0 Å². The zero-order valence-electron chi connectivity index (χ0n) is 15.1. The van der Waals surface area contributed by atoms with Crippen molar-refractivity contribution in [2.75, 3.05) is 30.5 Å². The van der Waals surface area contributed by atoms with Gasteiger partial charge in [0.05, 0.1) is 18.6 Å². The van der Waals surface area contributed by atoms with Crippen LogP contribution in [0.1, 0.15) is 22.5 Å². The number of methoxy groups -OCH3 is 1. The molecule has 2 heterocycles. The molecule has 2 N–H and O–H groups in total. The predicted octanol–water partition coefficient (Wildman–Crippen LogP) is 1.66. The average Bonchev–Trinajstić information content (AvgIpc) is 3.00. The number of rotatable bonds is 7. The van der Waals surface area contributed by atoms with E-state index in [-0.39, 0.29) is 23.5 Å². The highest BCUT2D eigenvalue weighted by atomic mass is 32.2. The lowest BCUT2D eigenvalue weighted by molar-refractivity contribution is 0.0949. The van der Waals surface area contributed by atoms with Crippen molar-refractivity contribution in [2.45, 2.75) is 18.9 Å². The van der Waals surface area contributed by atoms with Crippen LogP contribution in [0.25, 0.3) is 0 Å². The van der Waals surface area contributed by atoms with Gasteiger partial charge in [0.15, 0.2) is 9.84 Å². The zero-order valence-corrected chi connectivity index (χ0v) is 16.0. The molecule has 1 unspecified atom stereocenters. The second kappa shape index (κ2) is 8.39. The molecule has 1 aliphatic heterocycles. The first-order valence-corrected chi connectivity index (χ1v) is 10.6. The van der Waals surface area contributed by atoms with E-state index in [1.54, 1.807) is 25.4 Å². The van der Waals surface area contributed by atoms with Crippen LogP contribution in [0, 0.1) is 0 Å². The van der Waals surface area contributed by atoms with Crippen LogP contribution in [0.2, 0.25) is 0 Å². The lowest BCUT2D eigenvalue weighted by atomic mass is 10.1. The number of nitrogens with zero attached hydrogens (tertiary/aromatic N) is 1. The summed E-state index contributed by atoms with van der Waals surface area (Å²) in [5, 5.41) is 6.03. The van der Waals surface area contributed by atoms with Crippen molar-refractivity contribution in [1.82, 2.24) is 10.3 Å². The van der Waals surface area contributed by atoms with Crippen molar-refractivity contribution in [3.8, 4) is 5.75 Å². The number of anilines is 1. The third kappa shape index (κ3) is 5.43. The maximum Gasteiger partial charge on any atom is 0.269 e. The standard InChI is InChI=1S/C19H23N3O4S/c1-26-17-4-2-3-14(11-17)5-8-21-19(23)18-12-15(6-9-20-18)22-16-7-10-27(24,25)13-16/h2-4,6,9,11-12,16H,5,7-8,10,13H2,1H3,(H,20,22)(H,21,23). The first-order chi connectivity index (χ1) is 12.9. The van der Waals surface area contributed by atoms with Gasteiger partial charge in [-0.3, -0.25) is 9.78 Å². The van der Waals surface area contributed by atoms with E-state index in [4.69, 9.17) is 4.74 Å². The van der Waals surface area contributed by atoms with Crippen molar-refractivity contribution in [1.29, 1.82) is 0 Å². The van der Waals surface area contributed by atoms with E-state index in [1.807, 2.05) is 24.3 Å². The van der Waals surface area contributed by atoms with E-state index in [1.165, 1.54) is 0 Å². The molecule has 0 bridgehead atoms. The number of nitrogens with one attached hydrogen (secondary N) is 2. The van der Waals surface area contributed by atoms with Crippen molar-refractivity contribution in [3.63, 3.8) is 0 Å². The number of hydrogen-bond acceptors (Lipinski definition) is 6. The summed E-state index contributed by atoms with van der Waals surface area (Å²) in [4.78, 5) is 16.4. The van der Waals surface area contributed by atoms with Gasteiger partial charge in [0.1, 0.15) is 11.4 Å². The molecule has 1 fully saturated rings. The maximum atomic E-state index is 12.3. The van der Waals surface area contributed by atoms with Crippen LogP contribution in [0.5, 0.6) is 5.75 Å². The lowest BCUT2D eigenvalue weighted by Gasteiger charge is -2.13. The minimum absolute atomic E-state index is 0.122. The van der Waals surface area contributed by atoms with Crippen LogP contribution in [-0.4, -0.2) is 50.5 Å². The Labute approximate surface area is 159 Å². The SMILES string of the molecule is COc1cccc(CCNC(=O)c2cc(NC3CCS(=O)(=O)C3)ccn2)c1. The molecular weight excluding hydrogens is 366 g/mol. The van der Waals surface area contributed by atoms with E-state index in [0.29, 0.717) is 30.8 Å². The van der Waals surface area contributed by atoms with Gasteiger partial charge in [-0.05, 0) is 42.7 Å². The molecule has 3 rings (SSSR count). The number of amides is 1. The van der Waals surface area contributed by atoms with Gasteiger partial charge in [0.2, 0.25) is 0 Å². The smallest absolute Gasteiger partial charge is 0.269 e. The summed E-state index contributed by atoms with van der Waals surface area (Å²) in [7, 11) is -1.33. The Morgan fingerprint density at radius 2 is 2.15 bits per heavy atom. The van der Waals surface area contributed by atoms with Crippen molar-refractivity contribution >= 4 is 21.4 Å². The Morgan fingerprint density at radius 1 is 1.30 bits per heavy atom. The number of aromatic nitrogens is 1. The van der Waals surface area contributed by atoms with Gasteiger partial charge in [-0.2, -0.15) is 0 Å². The molecule has 1 amide bonds. The second-order valence-corrected chi connectivity index (χ2v) is 8.76. The van der Waals surface area contributed by atoms with E-state index in [0.717, 1.165) is 11.3 Å². The topological polar surface area (TPSA) is 97.4 Å². The van der Waals surface area contributed by atoms with Crippen LogP contribution >= 0.6 is 0 Å². The van der Waals surface area contributed by atoms with E-state index >= 15 is 0 Å². The molecule has 1 aliphatic rings. The van der Waals surface area contributed by atoms with Crippen molar-refractivity contribution in [2.24, 2.45) is 0 Å². The summed E-state index contributed by atoms with van der Waals surface area (Å²) in [6.07, 6.45) is 2.80. The Hall–Kier alpha value is -2.61. The van der Waals surface area contributed by atoms with E-state index in [2.05, 4.69) is 15.6 Å². The third-order valence-electron chi connectivity index (χ3n) is 4.43. The fourth-order valence-electron chi connectivity index (χ4n) is 3.03. The van der Waals surface area contributed by atoms with Crippen LogP contribution in [-0.2, 0) is 16.3 Å². The highest BCUT2D eigenvalue weighted by Gasteiger charge is 2.27. The molecule has 1 saturated heterocycles. The Morgan fingerprint density at radius 3 is 2.89 bits per heavy atom. The van der Waals surface area contributed by atoms with E-state index in [9.17, 15) is 13.2 Å². The molecule has 144 valence electrons. The van der Waals surface area contributed by atoms with Crippen LogP contribution in [0.3, 0.4) is 0 Å². The van der Waals surface area contributed by atoms with E-state index < -0.39 is 9.84 Å². The number of benzene rings is 1. The molecule has 0 aliphatic carbocycles. The number of ether oxygens (including phenoxy) is 1. The minimum Gasteiger partial charge on any atom is -0.497 e. The number of carbonyl (C=O) groups excluding carboxylic acids is 1. The van der Waals surface area contributed by atoms with Gasteiger partial charge in [0, 0.05) is 24.5 Å². The fraction of sp³-hybridized carbons (Fsp3) is 0.368. The Kier molecular flexibility index (Phi) is 5.95. The Bertz CT molecular complexity index is 915. The maximum absolute atomic E-state index is 12.3. The largest absolute Gasteiger partial charge is 0.497 e. The van der Waals surface area contributed by atoms with Gasteiger partial charge in [0.25, 0.3) is 5.91 Å². The molecule has 1 aromatic heterocycles. The van der Waals surface area contributed by atoms with Gasteiger partial charge in [-0.25, -0.2) is 8.42 Å². The normalized spacial score (nSPS) is 18.0. The quantitative estimate of drug-likeness (QED) is 0.748. The summed E-state index contributed by atoms with van der Waals surface area (Å²) in [5.74, 6) is 0.846. The zero-order chi connectivity index (χ0) is 19.3. The van der Waals surface area contributed by atoms with Crippen molar-refractivity contribution < 1.29 is 17.9 Å². The first kappa shape index (κ1) is 19.2.